The quantitative estimate of drug-likeness (QED) is 0.717. The molecule has 16 heavy (non-hydrogen) atoms. The molecule has 0 radical (unpaired) electrons. The molecular weight excluding hydrogens is 204 g/mol. The maximum Gasteiger partial charge on any atom is 0.310 e. The van der Waals surface area contributed by atoms with E-state index < -0.39 is 0 Å². The van der Waals surface area contributed by atoms with Crippen LogP contribution < -0.4 is 4.74 Å². The van der Waals surface area contributed by atoms with Crippen molar-refractivity contribution in [1.82, 2.24) is 0 Å². The van der Waals surface area contributed by atoms with Gasteiger partial charge >= 0.3 is 5.97 Å². The molecule has 88 valence electrons. The van der Waals surface area contributed by atoms with Crippen LogP contribution in [-0.4, -0.2) is 19.7 Å². The van der Waals surface area contributed by atoms with E-state index in [1.165, 1.54) is 0 Å². The standard InChI is InChI=1S/C13H18O3/c1-4-10-7-6-8-12(15-3)11(10)9-13(14)16-5-2/h6-8H,4-5,9H2,1-3H3. The second-order valence-corrected chi connectivity index (χ2v) is 3.43. The van der Waals surface area contributed by atoms with Gasteiger partial charge in [0.2, 0.25) is 0 Å². The van der Waals surface area contributed by atoms with Crippen LogP contribution in [0.15, 0.2) is 18.2 Å². The molecule has 0 heterocycles. The van der Waals surface area contributed by atoms with E-state index in [0.717, 1.165) is 23.3 Å². The Kier molecular flexibility index (Phi) is 4.83. The number of benzene rings is 1. The lowest BCUT2D eigenvalue weighted by molar-refractivity contribution is -0.142. The first-order chi connectivity index (χ1) is 7.72. The Hall–Kier alpha value is -1.51. The minimum absolute atomic E-state index is 0.207. The number of rotatable bonds is 5. The number of aryl methyl sites for hydroxylation is 1. The van der Waals surface area contributed by atoms with Crippen LogP contribution in [-0.2, 0) is 22.4 Å². The van der Waals surface area contributed by atoms with Crippen LogP contribution in [0.3, 0.4) is 0 Å². The van der Waals surface area contributed by atoms with Gasteiger partial charge in [0.1, 0.15) is 5.75 Å². The van der Waals surface area contributed by atoms with Crippen molar-refractivity contribution in [3.63, 3.8) is 0 Å². The van der Waals surface area contributed by atoms with Crippen molar-refractivity contribution in [2.45, 2.75) is 26.7 Å². The van der Waals surface area contributed by atoms with Crippen LogP contribution in [0.4, 0.5) is 0 Å². The largest absolute Gasteiger partial charge is 0.496 e. The molecule has 0 saturated carbocycles. The van der Waals surface area contributed by atoms with Gasteiger partial charge in [0.25, 0.3) is 0 Å². The summed E-state index contributed by atoms with van der Waals surface area (Å²) < 4.78 is 10.2. The van der Waals surface area contributed by atoms with Crippen molar-refractivity contribution in [3.8, 4) is 5.75 Å². The van der Waals surface area contributed by atoms with Crippen molar-refractivity contribution in [3.05, 3.63) is 29.3 Å². The van der Waals surface area contributed by atoms with Crippen LogP contribution in [0.2, 0.25) is 0 Å². The third kappa shape index (κ3) is 2.99. The third-order valence-corrected chi connectivity index (χ3v) is 2.46. The van der Waals surface area contributed by atoms with Crippen LogP contribution >= 0.6 is 0 Å². The molecule has 3 heteroatoms. The van der Waals surface area contributed by atoms with E-state index in [1.807, 2.05) is 18.2 Å². The topological polar surface area (TPSA) is 35.5 Å². The molecule has 0 amide bonds. The first kappa shape index (κ1) is 12.6. The molecule has 0 aliphatic rings. The molecule has 1 rings (SSSR count). The summed E-state index contributed by atoms with van der Waals surface area (Å²) in [7, 11) is 1.61. The first-order valence-electron chi connectivity index (χ1n) is 5.53. The summed E-state index contributed by atoms with van der Waals surface area (Å²) in [6.07, 6.45) is 1.16. The molecule has 0 bridgehead atoms. The summed E-state index contributed by atoms with van der Waals surface area (Å²) in [6.45, 7) is 4.28. The second kappa shape index (κ2) is 6.16. The monoisotopic (exact) mass is 222 g/mol. The molecule has 0 N–H and O–H groups in total. The molecule has 0 fully saturated rings. The fourth-order valence-corrected chi connectivity index (χ4v) is 1.69. The van der Waals surface area contributed by atoms with E-state index in [9.17, 15) is 4.79 Å². The molecule has 0 aliphatic heterocycles. The Labute approximate surface area is 96.4 Å². The van der Waals surface area contributed by atoms with E-state index in [4.69, 9.17) is 9.47 Å². The molecule has 0 aromatic heterocycles. The summed E-state index contributed by atoms with van der Waals surface area (Å²) in [5.74, 6) is 0.550. The number of ether oxygens (including phenoxy) is 2. The first-order valence-corrected chi connectivity index (χ1v) is 5.53. The Morgan fingerprint density at radius 2 is 2.06 bits per heavy atom. The van der Waals surface area contributed by atoms with Gasteiger partial charge in [-0.05, 0) is 25.0 Å². The second-order valence-electron chi connectivity index (χ2n) is 3.43. The zero-order chi connectivity index (χ0) is 12.0. The van der Waals surface area contributed by atoms with E-state index >= 15 is 0 Å². The summed E-state index contributed by atoms with van der Waals surface area (Å²) in [5, 5.41) is 0. The highest BCUT2D eigenvalue weighted by atomic mass is 16.5. The molecule has 0 aliphatic carbocycles. The van der Waals surface area contributed by atoms with Gasteiger partial charge < -0.3 is 9.47 Å². The molecule has 0 atom stereocenters. The lowest BCUT2D eigenvalue weighted by Crippen LogP contribution is -2.10. The van der Waals surface area contributed by atoms with Gasteiger partial charge in [-0.25, -0.2) is 0 Å². The van der Waals surface area contributed by atoms with Gasteiger partial charge in [0.05, 0.1) is 20.1 Å². The van der Waals surface area contributed by atoms with E-state index in [1.54, 1.807) is 14.0 Å². The molecule has 3 nitrogen and oxygen atoms in total. The van der Waals surface area contributed by atoms with E-state index in [-0.39, 0.29) is 12.4 Å². The van der Waals surface area contributed by atoms with E-state index in [2.05, 4.69) is 6.92 Å². The Morgan fingerprint density at radius 1 is 1.31 bits per heavy atom. The predicted octanol–water partition coefficient (Wildman–Crippen LogP) is 2.36. The van der Waals surface area contributed by atoms with Crippen LogP contribution in [0.1, 0.15) is 25.0 Å². The highest BCUT2D eigenvalue weighted by Gasteiger charge is 2.12. The number of methoxy groups -OCH3 is 1. The summed E-state index contributed by atoms with van der Waals surface area (Å²) in [4.78, 5) is 11.5. The highest BCUT2D eigenvalue weighted by molar-refractivity contribution is 5.74. The zero-order valence-electron chi connectivity index (χ0n) is 10.1. The van der Waals surface area contributed by atoms with Gasteiger partial charge in [0, 0.05) is 5.56 Å². The van der Waals surface area contributed by atoms with Gasteiger partial charge in [-0.1, -0.05) is 19.1 Å². The van der Waals surface area contributed by atoms with Gasteiger partial charge in [0.15, 0.2) is 0 Å². The van der Waals surface area contributed by atoms with Crippen molar-refractivity contribution >= 4 is 5.97 Å². The average Bonchev–Trinajstić information content (AvgIpc) is 2.29. The lowest BCUT2D eigenvalue weighted by atomic mass is 10.0. The fraction of sp³-hybridized carbons (Fsp3) is 0.462. The fourth-order valence-electron chi connectivity index (χ4n) is 1.69. The number of hydrogen-bond acceptors (Lipinski definition) is 3. The van der Waals surface area contributed by atoms with Crippen molar-refractivity contribution in [1.29, 1.82) is 0 Å². The molecule has 1 aromatic rings. The Bertz CT molecular complexity index is 336. The predicted molar refractivity (Wildman–Crippen MR) is 62.7 cm³/mol. The number of carbonyl (C=O) groups is 1. The number of carbonyl (C=O) groups excluding carboxylic acids is 1. The molecular formula is C13H18O3. The molecule has 0 spiro atoms. The van der Waals surface area contributed by atoms with Gasteiger partial charge in [-0.3, -0.25) is 4.79 Å². The van der Waals surface area contributed by atoms with Gasteiger partial charge in [-0.15, -0.1) is 0 Å². The normalized spacial score (nSPS) is 9.94. The van der Waals surface area contributed by atoms with Crippen LogP contribution in [0.5, 0.6) is 5.75 Å². The molecule has 1 aromatic carbocycles. The summed E-state index contributed by atoms with van der Waals surface area (Å²) in [5.41, 5.74) is 2.07. The Morgan fingerprint density at radius 3 is 2.62 bits per heavy atom. The molecule has 0 unspecified atom stereocenters. The number of esters is 1. The maximum atomic E-state index is 11.5. The van der Waals surface area contributed by atoms with Crippen LogP contribution in [0, 0.1) is 0 Å². The summed E-state index contributed by atoms with van der Waals surface area (Å²) in [6, 6.07) is 5.82. The van der Waals surface area contributed by atoms with Crippen molar-refractivity contribution in [2.24, 2.45) is 0 Å². The number of hydrogen-bond donors (Lipinski definition) is 0. The lowest BCUT2D eigenvalue weighted by Gasteiger charge is -2.12. The highest BCUT2D eigenvalue weighted by Crippen LogP contribution is 2.23. The third-order valence-electron chi connectivity index (χ3n) is 2.46. The average molecular weight is 222 g/mol. The zero-order valence-corrected chi connectivity index (χ0v) is 10.1. The van der Waals surface area contributed by atoms with Crippen molar-refractivity contribution < 1.29 is 14.3 Å². The van der Waals surface area contributed by atoms with Gasteiger partial charge in [-0.2, -0.15) is 0 Å². The van der Waals surface area contributed by atoms with E-state index in [0.29, 0.717) is 6.61 Å². The molecule has 0 saturated heterocycles. The minimum Gasteiger partial charge on any atom is -0.496 e. The van der Waals surface area contributed by atoms with Crippen LogP contribution in [0.25, 0.3) is 0 Å². The van der Waals surface area contributed by atoms with Crippen molar-refractivity contribution in [2.75, 3.05) is 13.7 Å². The minimum atomic E-state index is -0.207. The SMILES string of the molecule is CCOC(=O)Cc1c(CC)cccc1OC. The Balaban J connectivity index is 2.95. The smallest absolute Gasteiger partial charge is 0.310 e. The summed E-state index contributed by atoms with van der Waals surface area (Å²) >= 11 is 0. The maximum absolute atomic E-state index is 11.5.